The second-order valence-electron chi connectivity index (χ2n) is 7.65. The minimum atomic E-state index is 0.00401. The van der Waals surface area contributed by atoms with Crippen molar-refractivity contribution in [2.75, 3.05) is 32.8 Å². The van der Waals surface area contributed by atoms with E-state index in [4.69, 9.17) is 13.7 Å². The molecule has 1 fully saturated rings. The van der Waals surface area contributed by atoms with Gasteiger partial charge in [0.15, 0.2) is 0 Å². The second-order valence-corrected chi connectivity index (χ2v) is 7.65. The largest absolute Gasteiger partial charge is 0.465 e. The Kier molecular flexibility index (Phi) is 7.11. The Morgan fingerprint density at radius 2 is 1.97 bits per heavy atom. The Hall–Kier alpha value is -2.97. The van der Waals surface area contributed by atoms with Gasteiger partial charge in [-0.1, -0.05) is 35.5 Å². The van der Waals surface area contributed by atoms with Crippen LogP contribution in [0.2, 0.25) is 0 Å². The molecule has 0 aliphatic carbocycles. The van der Waals surface area contributed by atoms with Crippen molar-refractivity contribution in [2.24, 2.45) is 0 Å². The average molecular weight is 425 g/mol. The van der Waals surface area contributed by atoms with Gasteiger partial charge in [-0.05, 0) is 25.5 Å². The van der Waals surface area contributed by atoms with Crippen molar-refractivity contribution in [1.82, 2.24) is 20.4 Å². The van der Waals surface area contributed by atoms with Gasteiger partial charge in [-0.2, -0.15) is 4.98 Å². The summed E-state index contributed by atoms with van der Waals surface area (Å²) in [7, 11) is 0. The van der Waals surface area contributed by atoms with Crippen LogP contribution in [0.4, 0.5) is 0 Å². The van der Waals surface area contributed by atoms with Gasteiger partial charge in [0.1, 0.15) is 11.5 Å². The quantitative estimate of drug-likeness (QED) is 0.564. The second kappa shape index (κ2) is 10.4. The molecule has 1 aliphatic rings. The molecule has 0 radical (unpaired) electrons. The molecule has 0 spiro atoms. The molecule has 2 aromatic heterocycles. The van der Waals surface area contributed by atoms with E-state index in [1.54, 1.807) is 0 Å². The molecule has 3 aromatic rings. The average Bonchev–Trinajstić information content (AvgIpc) is 3.45. The number of hydrogen-bond donors (Lipinski definition) is 1. The van der Waals surface area contributed by atoms with Crippen molar-refractivity contribution in [3.8, 4) is 11.4 Å². The van der Waals surface area contributed by atoms with E-state index in [1.165, 1.54) is 0 Å². The van der Waals surface area contributed by atoms with Crippen molar-refractivity contribution < 1.29 is 18.5 Å². The van der Waals surface area contributed by atoms with Gasteiger partial charge in [-0.3, -0.25) is 9.69 Å². The van der Waals surface area contributed by atoms with Crippen LogP contribution in [0.5, 0.6) is 0 Å². The molecule has 4 rings (SSSR count). The topological polar surface area (TPSA) is 93.6 Å². The summed E-state index contributed by atoms with van der Waals surface area (Å²) in [5.41, 5.74) is 0.914. The van der Waals surface area contributed by atoms with Crippen LogP contribution < -0.4 is 5.32 Å². The molecule has 1 atom stereocenters. The Morgan fingerprint density at radius 1 is 1.16 bits per heavy atom. The summed E-state index contributed by atoms with van der Waals surface area (Å²) in [6, 6.07) is 13.6. The lowest BCUT2D eigenvalue weighted by atomic mass is 10.1. The summed E-state index contributed by atoms with van der Waals surface area (Å²) in [6.07, 6.45) is 1.61. The maximum Gasteiger partial charge on any atom is 0.226 e. The lowest BCUT2D eigenvalue weighted by Gasteiger charge is -2.33. The Bertz CT molecular complexity index is 963. The number of aromatic nitrogens is 2. The van der Waals surface area contributed by atoms with E-state index in [1.807, 2.05) is 49.4 Å². The van der Waals surface area contributed by atoms with Crippen molar-refractivity contribution in [1.29, 1.82) is 0 Å². The highest BCUT2D eigenvalue weighted by molar-refractivity contribution is 5.75. The van der Waals surface area contributed by atoms with Crippen LogP contribution in [-0.2, 0) is 16.0 Å². The lowest BCUT2D eigenvalue weighted by Crippen LogP contribution is -2.43. The van der Waals surface area contributed by atoms with E-state index in [-0.39, 0.29) is 11.9 Å². The van der Waals surface area contributed by atoms with Crippen LogP contribution in [0.15, 0.2) is 51.4 Å². The SMILES string of the molecule is Cc1ccc(C(CNC(=O)CCCc2nc(-c3ccccc3)no2)N2CCOCC2)o1. The maximum atomic E-state index is 12.4. The van der Waals surface area contributed by atoms with Crippen molar-refractivity contribution in [2.45, 2.75) is 32.2 Å². The van der Waals surface area contributed by atoms with Gasteiger partial charge in [-0.15, -0.1) is 0 Å². The summed E-state index contributed by atoms with van der Waals surface area (Å²) in [6.45, 7) is 5.46. The normalized spacial score (nSPS) is 15.6. The fourth-order valence-electron chi connectivity index (χ4n) is 3.69. The molecule has 1 saturated heterocycles. The van der Waals surface area contributed by atoms with Crippen LogP contribution in [0, 0.1) is 6.92 Å². The molecule has 1 N–H and O–H groups in total. The molecule has 1 unspecified atom stereocenters. The zero-order chi connectivity index (χ0) is 21.5. The van der Waals surface area contributed by atoms with E-state index in [2.05, 4.69) is 20.4 Å². The van der Waals surface area contributed by atoms with E-state index in [9.17, 15) is 4.79 Å². The monoisotopic (exact) mass is 424 g/mol. The number of nitrogens with one attached hydrogen (secondary N) is 1. The van der Waals surface area contributed by atoms with Gasteiger partial charge < -0.3 is 19.0 Å². The smallest absolute Gasteiger partial charge is 0.226 e. The van der Waals surface area contributed by atoms with E-state index < -0.39 is 0 Å². The van der Waals surface area contributed by atoms with Crippen molar-refractivity contribution >= 4 is 5.91 Å². The Morgan fingerprint density at radius 3 is 2.71 bits per heavy atom. The maximum absolute atomic E-state index is 12.4. The highest BCUT2D eigenvalue weighted by atomic mass is 16.5. The molecule has 31 heavy (non-hydrogen) atoms. The number of aryl methyl sites for hydroxylation is 2. The number of amides is 1. The first-order chi connectivity index (χ1) is 15.2. The molecule has 8 nitrogen and oxygen atoms in total. The van der Waals surface area contributed by atoms with Gasteiger partial charge in [0.05, 0.1) is 19.3 Å². The zero-order valence-electron chi connectivity index (χ0n) is 17.8. The van der Waals surface area contributed by atoms with Gasteiger partial charge in [-0.25, -0.2) is 0 Å². The lowest BCUT2D eigenvalue weighted by molar-refractivity contribution is -0.121. The van der Waals surface area contributed by atoms with Crippen molar-refractivity contribution in [3.63, 3.8) is 0 Å². The summed E-state index contributed by atoms with van der Waals surface area (Å²) < 4.78 is 16.6. The summed E-state index contributed by atoms with van der Waals surface area (Å²) in [5.74, 6) is 2.86. The third-order valence-electron chi connectivity index (χ3n) is 5.36. The summed E-state index contributed by atoms with van der Waals surface area (Å²) in [5, 5.41) is 7.08. The van der Waals surface area contributed by atoms with Gasteiger partial charge in [0, 0.05) is 38.0 Å². The Balaban J connectivity index is 1.25. The van der Waals surface area contributed by atoms with Crippen LogP contribution >= 0.6 is 0 Å². The molecule has 8 heteroatoms. The van der Waals surface area contributed by atoms with E-state index >= 15 is 0 Å². The number of nitrogens with zero attached hydrogens (tertiary/aromatic N) is 3. The van der Waals surface area contributed by atoms with Gasteiger partial charge in [0.2, 0.25) is 17.6 Å². The molecular weight excluding hydrogens is 396 g/mol. The van der Waals surface area contributed by atoms with E-state index in [0.717, 1.165) is 30.2 Å². The molecule has 1 amide bonds. The molecule has 3 heterocycles. The van der Waals surface area contributed by atoms with Gasteiger partial charge >= 0.3 is 0 Å². The first kappa shape index (κ1) is 21.3. The number of benzene rings is 1. The number of rotatable bonds is 9. The minimum Gasteiger partial charge on any atom is -0.465 e. The third kappa shape index (κ3) is 5.80. The third-order valence-corrected chi connectivity index (χ3v) is 5.36. The van der Waals surface area contributed by atoms with E-state index in [0.29, 0.717) is 50.7 Å². The minimum absolute atomic E-state index is 0.00401. The van der Waals surface area contributed by atoms with Crippen LogP contribution in [0.3, 0.4) is 0 Å². The number of hydrogen-bond acceptors (Lipinski definition) is 7. The summed E-state index contributed by atoms with van der Waals surface area (Å²) in [4.78, 5) is 19.1. The van der Waals surface area contributed by atoms with Gasteiger partial charge in [0.25, 0.3) is 0 Å². The first-order valence-corrected chi connectivity index (χ1v) is 10.7. The number of furan rings is 1. The first-order valence-electron chi connectivity index (χ1n) is 10.7. The molecule has 1 aliphatic heterocycles. The predicted octanol–water partition coefficient (Wildman–Crippen LogP) is 3.15. The molecule has 0 bridgehead atoms. The summed E-state index contributed by atoms with van der Waals surface area (Å²) >= 11 is 0. The number of morpholine rings is 1. The molecule has 164 valence electrons. The highest BCUT2D eigenvalue weighted by Crippen LogP contribution is 2.23. The zero-order valence-corrected chi connectivity index (χ0v) is 17.8. The van der Waals surface area contributed by atoms with Crippen LogP contribution in [-0.4, -0.2) is 53.8 Å². The molecule has 0 saturated carbocycles. The number of carbonyl (C=O) groups is 1. The standard InChI is InChI=1S/C23H28N4O4/c1-17-10-11-20(30-17)19(27-12-14-29-15-13-27)16-24-21(28)8-5-9-22-25-23(26-31-22)18-6-3-2-4-7-18/h2-4,6-7,10-11,19H,5,8-9,12-16H2,1H3,(H,24,28). The number of ether oxygens (including phenoxy) is 1. The fourth-order valence-corrected chi connectivity index (χ4v) is 3.69. The van der Waals surface area contributed by atoms with Crippen LogP contribution in [0.25, 0.3) is 11.4 Å². The van der Waals surface area contributed by atoms with Crippen molar-refractivity contribution in [3.05, 3.63) is 59.9 Å². The number of carbonyl (C=O) groups excluding carboxylic acids is 1. The Labute approximate surface area is 181 Å². The fraction of sp³-hybridized carbons (Fsp3) is 0.435. The molecule has 1 aromatic carbocycles. The molecular formula is C23H28N4O4. The highest BCUT2D eigenvalue weighted by Gasteiger charge is 2.25. The predicted molar refractivity (Wildman–Crippen MR) is 114 cm³/mol. The van der Waals surface area contributed by atoms with Crippen LogP contribution in [0.1, 0.15) is 36.3 Å².